The van der Waals surface area contributed by atoms with E-state index in [1.54, 1.807) is 37.3 Å². The molecule has 0 fully saturated rings. The van der Waals surface area contributed by atoms with Crippen molar-refractivity contribution in [1.82, 2.24) is 19.7 Å². The van der Waals surface area contributed by atoms with Crippen molar-refractivity contribution in [3.8, 4) is 22.8 Å². The Bertz CT molecular complexity index is 1310. The number of carbonyl (C=O) groups excluding carboxylic acids is 1. The molecule has 8 nitrogen and oxygen atoms in total. The summed E-state index contributed by atoms with van der Waals surface area (Å²) in [6, 6.07) is 17.6. The molecule has 35 heavy (non-hydrogen) atoms. The van der Waals surface area contributed by atoms with Gasteiger partial charge >= 0.3 is 12.5 Å². The molecule has 180 valence electrons. The minimum atomic E-state index is -4.75. The first-order valence-corrected chi connectivity index (χ1v) is 10.5. The molecule has 4 aromatic rings. The number of rotatable bonds is 6. The summed E-state index contributed by atoms with van der Waals surface area (Å²) in [7, 11) is 0. The van der Waals surface area contributed by atoms with Gasteiger partial charge in [0, 0.05) is 16.9 Å². The van der Waals surface area contributed by atoms with Crippen molar-refractivity contribution in [2.24, 2.45) is 0 Å². The number of nitrogens with zero attached hydrogens (tertiary/aromatic N) is 4. The zero-order chi connectivity index (χ0) is 25.0. The second-order valence-electron chi connectivity index (χ2n) is 7.51. The summed E-state index contributed by atoms with van der Waals surface area (Å²) in [4.78, 5) is 20.8. The summed E-state index contributed by atoms with van der Waals surface area (Å²) in [6.45, 7) is 3.60. The molecule has 2 heterocycles. The monoisotopic (exact) mass is 483 g/mol. The molecule has 0 saturated heterocycles. The number of benzene rings is 2. The maximum absolute atomic E-state index is 12.3. The molecule has 0 aliphatic heterocycles. The van der Waals surface area contributed by atoms with Gasteiger partial charge < -0.3 is 9.47 Å². The molecule has 1 unspecified atom stereocenters. The van der Waals surface area contributed by atoms with E-state index in [0.29, 0.717) is 28.5 Å². The van der Waals surface area contributed by atoms with Crippen molar-refractivity contribution in [2.45, 2.75) is 26.3 Å². The molecule has 1 atom stereocenters. The van der Waals surface area contributed by atoms with Gasteiger partial charge in [-0.2, -0.15) is 0 Å². The van der Waals surface area contributed by atoms with E-state index >= 15 is 0 Å². The van der Waals surface area contributed by atoms with Crippen LogP contribution in [0.1, 0.15) is 24.4 Å². The van der Waals surface area contributed by atoms with Crippen LogP contribution in [0.3, 0.4) is 0 Å². The van der Waals surface area contributed by atoms with Gasteiger partial charge in [-0.15, -0.1) is 18.3 Å². The summed E-state index contributed by atoms with van der Waals surface area (Å²) in [5, 5.41) is 7.01. The van der Waals surface area contributed by atoms with Crippen LogP contribution in [0.4, 0.5) is 23.7 Å². The van der Waals surface area contributed by atoms with Gasteiger partial charge in [0.2, 0.25) is 0 Å². The molecular weight excluding hydrogens is 463 g/mol. The summed E-state index contributed by atoms with van der Waals surface area (Å²) in [5.74, 6) is 0.0710. The van der Waals surface area contributed by atoms with E-state index in [9.17, 15) is 18.0 Å². The number of ether oxygens (including phenoxy) is 2. The molecule has 4 rings (SSSR count). The van der Waals surface area contributed by atoms with Crippen LogP contribution in [-0.4, -0.2) is 32.2 Å². The Hall–Kier alpha value is -4.41. The number of aromatic nitrogens is 4. The summed E-state index contributed by atoms with van der Waals surface area (Å²) in [5.41, 5.74) is 3.19. The van der Waals surface area contributed by atoms with Crippen molar-refractivity contribution >= 4 is 11.8 Å². The average molecular weight is 483 g/mol. The lowest BCUT2D eigenvalue weighted by Crippen LogP contribution is -2.17. The number of alkyl halides is 3. The molecule has 1 amide bonds. The number of amides is 1. The highest BCUT2D eigenvalue weighted by Crippen LogP contribution is 2.24. The van der Waals surface area contributed by atoms with Gasteiger partial charge in [0.05, 0.1) is 11.4 Å². The maximum atomic E-state index is 12.3. The molecule has 1 N–H and O–H groups in total. The van der Waals surface area contributed by atoms with Crippen molar-refractivity contribution in [2.75, 3.05) is 5.32 Å². The van der Waals surface area contributed by atoms with Gasteiger partial charge in [0.25, 0.3) is 0 Å². The lowest BCUT2D eigenvalue weighted by atomic mass is 10.2. The number of nitrogens with one attached hydrogen (secondary N) is 1. The zero-order valence-electron chi connectivity index (χ0n) is 18.7. The van der Waals surface area contributed by atoms with E-state index in [2.05, 4.69) is 25.1 Å². The second-order valence-corrected chi connectivity index (χ2v) is 7.51. The Morgan fingerprint density at radius 1 is 1.03 bits per heavy atom. The number of carbonyl (C=O) groups is 1. The molecule has 0 saturated carbocycles. The van der Waals surface area contributed by atoms with E-state index < -0.39 is 18.6 Å². The van der Waals surface area contributed by atoms with E-state index in [0.717, 1.165) is 5.69 Å². The zero-order valence-corrected chi connectivity index (χ0v) is 18.7. The van der Waals surface area contributed by atoms with Crippen LogP contribution in [-0.2, 0) is 4.74 Å². The fourth-order valence-electron chi connectivity index (χ4n) is 3.18. The predicted octanol–water partition coefficient (Wildman–Crippen LogP) is 5.85. The highest BCUT2D eigenvalue weighted by Gasteiger charge is 2.31. The third-order valence-corrected chi connectivity index (χ3v) is 4.83. The minimum Gasteiger partial charge on any atom is -0.440 e. The molecule has 0 spiro atoms. The number of hydrogen-bond donors (Lipinski definition) is 1. The van der Waals surface area contributed by atoms with Crippen LogP contribution in [0, 0.1) is 6.92 Å². The first-order valence-electron chi connectivity index (χ1n) is 10.5. The summed E-state index contributed by atoms with van der Waals surface area (Å²) in [6.07, 6.45) is -4.44. The Morgan fingerprint density at radius 2 is 1.74 bits per heavy atom. The second kappa shape index (κ2) is 9.84. The normalized spacial score (nSPS) is 12.1. The van der Waals surface area contributed by atoms with E-state index in [4.69, 9.17) is 4.74 Å². The topological polar surface area (TPSA) is 91.2 Å². The molecule has 0 bridgehead atoms. The largest absolute Gasteiger partial charge is 0.573 e. The number of aryl methyl sites for hydroxylation is 1. The number of anilines is 1. The Balaban J connectivity index is 1.37. The van der Waals surface area contributed by atoms with Gasteiger partial charge in [-0.1, -0.05) is 6.07 Å². The predicted molar refractivity (Wildman–Crippen MR) is 121 cm³/mol. The minimum absolute atomic E-state index is 0.326. The smallest absolute Gasteiger partial charge is 0.440 e. The first-order chi connectivity index (χ1) is 16.7. The van der Waals surface area contributed by atoms with Gasteiger partial charge in [-0.05, 0) is 74.5 Å². The van der Waals surface area contributed by atoms with Crippen molar-refractivity contribution < 1.29 is 27.4 Å². The lowest BCUT2D eigenvalue weighted by molar-refractivity contribution is -0.274. The van der Waals surface area contributed by atoms with E-state index in [1.165, 1.54) is 35.3 Å². The van der Waals surface area contributed by atoms with Gasteiger partial charge in [-0.3, -0.25) is 10.3 Å². The maximum Gasteiger partial charge on any atom is 0.573 e. The van der Waals surface area contributed by atoms with Crippen molar-refractivity contribution in [3.05, 3.63) is 84.4 Å². The number of halogens is 3. The molecule has 0 aliphatic carbocycles. The quantitative estimate of drug-likeness (QED) is 0.370. The van der Waals surface area contributed by atoms with Crippen LogP contribution in [0.2, 0.25) is 0 Å². The van der Waals surface area contributed by atoms with E-state index in [-0.39, 0.29) is 5.75 Å². The molecule has 0 radical (unpaired) electrons. The van der Waals surface area contributed by atoms with Crippen LogP contribution >= 0.6 is 0 Å². The Labute approximate surface area is 198 Å². The van der Waals surface area contributed by atoms with Crippen molar-refractivity contribution in [1.29, 1.82) is 0 Å². The first kappa shape index (κ1) is 23.7. The highest BCUT2D eigenvalue weighted by molar-refractivity contribution is 5.85. The van der Waals surface area contributed by atoms with Gasteiger partial charge in [-0.25, -0.2) is 14.5 Å². The summed E-state index contributed by atoms with van der Waals surface area (Å²) >= 11 is 0. The average Bonchev–Trinajstić information content (AvgIpc) is 3.29. The SMILES string of the molecule is Cc1cccc(C(C)OC(=O)Nc2ccc(-c3ncn(-c4ccc(OC(F)(F)F)cc4)n3)cc2)n1. The van der Waals surface area contributed by atoms with Crippen LogP contribution < -0.4 is 10.1 Å². The molecule has 0 aliphatic rings. The molecule has 11 heteroatoms. The standard InChI is InChI=1S/C24H20F3N5O3/c1-15-4-3-5-21(29-15)16(2)34-23(33)30-18-8-6-17(7-9-18)22-28-14-32(31-22)19-10-12-20(13-11-19)35-24(25,26)27/h3-14,16H,1-2H3,(H,30,33). The molecular formula is C24H20F3N5O3. The fourth-order valence-corrected chi connectivity index (χ4v) is 3.18. The molecule has 2 aromatic heterocycles. The van der Waals surface area contributed by atoms with Gasteiger partial charge in [0.1, 0.15) is 18.2 Å². The van der Waals surface area contributed by atoms with Crippen LogP contribution in [0.25, 0.3) is 17.1 Å². The lowest BCUT2D eigenvalue weighted by Gasteiger charge is -2.14. The van der Waals surface area contributed by atoms with Crippen LogP contribution in [0.5, 0.6) is 5.75 Å². The van der Waals surface area contributed by atoms with Crippen molar-refractivity contribution in [3.63, 3.8) is 0 Å². The Morgan fingerprint density at radius 3 is 2.40 bits per heavy atom. The molecule has 2 aromatic carbocycles. The number of hydrogen-bond acceptors (Lipinski definition) is 6. The van der Waals surface area contributed by atoms with E-state index in [1.807, 2.05) is 19.1 Å². The summed E-state index contributed by atoms with van der Waals surface area (Å²) < 4.78 is 47.6. The Kier molecular flexibility index (Phi) is 6.67. The third kappa shape index (κ3) is 6.34. The fraction of sp³-hybridized carbons (Fsp3) is 0.167. The third-order valence-electron chi connectivity index (χ3n) is 4.83. The number of pyridine rings is 1. The van der Waals surface area contributed by atoms with Gasteiger partial charge in [0.15, 0.2) is 5.82 Å². The highest BCUT2D eigenvalue weighted by atomic mass is 19.4. The van der Waals surface area contributed by atoms with Crippen LogP contribution in [0.15, 0.2) is 73.1 Å².